The Morgan fingerprint density at radius 1 is 1.09 bits per heavy atom. The highest BCUT2D eigenvalue weighted by Crippen LogP contribution is 2.36. The molecule has 0 spiro atoms. The van der Waals surface area contributed by atoms with Crippen LogP contribution in [0.25, 0.3) is 0 Å². The number of hydrogen-bond acceptors (Lipinski definition) is 2. The Morgan fingerprint density at radius 3 is 2.57 bits per heavy atom. The summed E-state index contributed by atoms with van der Waals surface area (Å²) >= 11 is 0. The Kier molecular flexibility index (Phi) is 4.25. The molecule has 1 saturated heterocycles. The van der Waals surface area contributed by atoms with Gasteiger partial charge in [-0.1, -0.05) is 18.2 Å². The van der Waals surface area contributed by atoms with E-state index < -0.39 is 10.0 Å². The van der Waals surface area contributed by atoms with E-state index >= 15 is 0 Å². The number of rotatable bonds is 3. The van der Waals surface area contributed by atoms with Crippen molar-refractivity contribution in [1.29, 1.82) is 0 Å². The summed E-state index contributed by atoms with van der Waals surface area (Å²) < 4.78 is 41.0. The minimum absolute atomic E-state index is 0.294. The van der Waals surface area contributed by atoms with Gasteiger partial charge in [0, 0.05) is 6.54 Å². The zero-order valence-corrected chi connectivity index (χ0v) is 14.1. The summed E-state index contributed by atoms with van der Waals surface area (Å²) in [5, 5.41) is 0. The lowest BCUT2D eigenvalue weighted by molar-refractivity contribution is 0.395. The molecule has 0 bridgehead atoms. The van der Waals surface area contributed by atoms with Crippen molar-refractivity contribution in [3.63, 3.8) is 0 Å². The Balaban J connectivity index is 1.99. The van der Waals surface area contributed by atoms with Crippen molar-refractivity contribution in [1.82, 2.24) is 4.31 Å². The minimum Gasteiger partial charge on any atom is -0.207 e. The fourth-order valence-electron chi connectivity index (χ4n) is 3.08. The van der Waals surface area contributed by atoms with E-state index in [0.29, 0.717) is 17.9 Å². The fourth-order valence-corrected chi connectivity index (χ4v) is 4.85. The molecule has 0 aliphatic carbocycles. The van der Waals surface area contributed by atoms with Gasteiger partial charge in [0.05, 0.1) is 10.9 Å². The van der Waals surface area contributed by atoms with Crippen molar-refractivity contribution in [3.8, 4) is 0 Å². The third-order valence-corrected chi connectivity index (χ3v) is 6.43. The average molecular weight is 333 g/mol. The largest absolute Gasteiger partial charge is 0.243 e. The van der Waals surface area contributed by atoms with Gasteiger partial charge in [0.1, 0.15) is 5.82 Å². The predicted octanol–water partition coefficient (Wildman–Crippen LogP) is 3.97. The predicted molar refractivity (Wildman–Crippen MR) is 88.2 cm³/mol. The topological polar surface area (TPSA) is 37.4 Å². The van der Waals surface area contributed by atoms with Gasteiger partial charge in [-0.2, -0.15) is 4.31 Å². The first-order valence-corrected chi connectivity index (χ1v) is 9.18. The molecule has 0 saturated carbocycles. The molecule has 0 radical (unpaired) electrons. The van der Waals surface area contributed by atoms with Crippen molar-refractivity contribution in [3.05, 3.63) is 65.0 Å². The maximum absolute atomic E-state index is 13.5. The number of aryl methyl sites for hydroxylation is 2. The second-order valence-electron chi connectivity index (χ2n) is 6.07. The number of hydrogen-bond donors (Lipinski definition) is 0. The Labute approximate surface area is 136 Å². The van der Waals surface area contributed by atoms with Crippen molar-refractivity contribution >= 4 is 10.0 Å². The monoisotopic (exact) mass is 333 g/mol. The first kappa shape index (κ1) is 16.1. The standard InChI is InChI=1S/C18H20FNO2S/c1-13-8-9-17(11-14(13)2)23(21,22)20-10-4-7-18(20)15-5-3-6-16(19)12-15/h3,5-6,8-9,11-12,18H,4,7,10H2,1-2H3. The number of benzene rings is 2. The number of nitrogens with zero attached hydrogens (tertiary/aromatic N) is 1. The van der Waals surface area contributed by atoms with Crippen LogP contribution in [-0.2, 0) is 10.0 Å². The van der Waals surface area contributed by atoms with Crippen LogP contribution in [0.4, 0.5) is 4.39 Å². The summed E-state index contributed by atoms with van der Waals surface area (Å²) in [6.07, 6.45) is 1.50. The molecule has 0 amide bonds. The second kappa shape index (κ2) is 6.06. The molecular weight excluding hydrogens is 313 g/mol. The van der Waals surface area contributed by atoms with E-state index in [-0.39, 0.29) is 11.9 Å². The van der Waals surface area contributed by atoms with Gasteiger partial charge in [0.2, 0.25) is 10.0 Å². The summed E-state index contributed by atoms with van der Waals surface area (Å²) in [5.41, 5.74) is 2.73. The van der Waals surface area contributed by atoms with Crippen LogP contribution in [-0.4, -0.2) is 19.3 Å². The highest BCUT2D eigenvalue weighted by atomic mass is 32.2. The zero-order valence-electron chi connectivity index (χ0n) is 13.3. The summed E-state index contributed by atoms with van der Waals surface area (Å²) in [5.74, 6) is -0.335. The molecule has 1 atom stereocenters. The van der Waals surface area contributed by atoms with Crippen LogP contribution in [0.15, 0.2) is 47.4 Å². The normalized spacial score (nSPS) is 19.2. The third-order valence-electron chi connectivity index (χ3n) is 4.52. The lowest BCUT2D eigenvalue weighted by atomic mass is 10.1. The van der Waals surface area contributed by atoms with Crippen LogP contribution in [0.2, 0.25) is 0 Å². The van der Waals surface area contributed by atoms with Gasteiger partial charge in [0.15, 0.2) is 0 Å². The molecule has 1 aliphatic rings. The summed E-state index contributed by atoms with van der Waals surface area (Å²) in [7, 11) is -3.58. The van der Waals surface area contributed by atoms with Crippen molar-refractivity contribution in [2.24, 2.45) is 0 Å². The van der Waals surface area contributed by atoms with Crippen LogP contribution < -0.4 is 0 Å². The van der Waals surface area contributed by atoms with Crippen molar-refractivity contribution in [2.45, 2.75) is 37.6 Å². The molecule has 0 aromatic heterocycles. The summed E-state index contributed by atoms with van der Waals surface area (Å²) in [6, 6.07) is 11.1. The highest BCUT2D eigenvalue weighted by Gasteiger charge is 2.36. The second-order valence-corrected chi connectivity index (χ2v) is 7.97. The van der Waals surface area contributed by atoms with E-state index in [0.717, 1.165) is 23.1 Å². The maximum atomic E-state index is 13.5. The summed E-state index contributed by atoms with van der Waals surface area (Å²) in [6.45, 7) is 4.33. The van der Waals surface area contributed by atoms with Crippen molar-refractivity contribution in [2.75, 3.05) is 6.54 Å². The quantitative estimate of drug-likeness (QED) is 0.852. The zero-order chi connectivity index (χ0) is 16.6. The average Bonchev–Trinajstić information content (AvgIpc) is 3.00. The van der Waals surface area contributed by atoms with E-state index in [4.69, 9.17) is 0 Å². The van der Waals surface area contributed by atoms with E-state index in [9.17, 15) is 12.8 Å². The Morgan fingerprint density at radius 2 is 1.87 bits per heavy atom. The van der Waals surface area contributed by atoms with Crippen molar-refractivity contribution < 1.29 is 12.8 Å². The van der Waals surface area contributed by atoms with Gasteiger partial charge in [-0.15, -0.1) is 0 Å². The van der Waals surface area contributed by atoms with Gasteiger partial charge < -0.3 is 0 Å². The molecule has 1 unspecified atom stereocenters. The van der Waals surface area contributed by atoms with Crippen LogP contribution in [0, 0.1) is 19.7 Å². The van der Waals surface area contributed by atoms with Gasteiger partial charge in [-0.25, -0.2) is 12.8 Å². The van der Waals surface area contributed by atoms with E-state index in [1.54, 1.807) is 24.3 Å². The lowest BCUT2D eigenvalue weighted by Gasteiger charge is -2.25. The molecule has 1 fully saturated rings. The van der Waals surface area contributed by atoms with Crippen LogP contribution in [0.1, 0.15) is 35.6 Å². The van der Waals surface area contributed by atoms with Crippen LogP contribution in [0.3, 0.4) is 0 Å². The van der Waals surface area contributed by atoms with Crippen LogP contribution in [0.5, 0.6) is 0 Å². The Hall–Kier alpha value is -1.72. The molecule has 23 heavy (non-hydrogen) atoms. The smallest absolute Gasteiger partial charge is 0.207 e. The SMILES string of the molecule is Cc1ccc(S(=O)(=O)N2CCCC2c2cccc(F)c2)cc1C. The van der Waals surface area contributed by atoms with Gasteiger partial charge >= 0.3 is 0 Å². The molecule has 0 N–H and O–H groups in total. The number of sulfonamides is 1. The molecule has 1 heterocycles. The van der Waals surface area contributed by atoms with E-state index in [1.807, 2.05) is 19.9 Å². The lowest BCUT2D eigenvalue weighted by Crippen LogP contribution is -2.30. The van der Waals surface area contributed by atoms with Crippen LogP contribution >= 0.6 is 0 Å². The molecule has 5 heteroatoms. The van der Waals surface area contributed by atoms with Gasteiger partial charge in [-0.05, 0) is 67.6 Å². The first-order chi connectivity index (χ1) is 10.9. The molecule has 2 aromatic carbocycles. The van der Waals surface area contributed by atoms with Gasteiger partial charge in [0.25, 0.3) is 0 Å². The Bertz CT molecular complexity index is 833. The fraction of sp³-hybridized carbons (Fsp3) is 0.333. The third kappa shape index (κ3) is 3.03. The molecule has 3 nitrogen and oxygen atoms in total. The molecule has 3 rings (SSSR count). The molecule has 1 aliphatic heterocycles. The first-order valence-electron chi connectivity index (χ1n) is 7.74. The molecular formula is C18H20FNO2S. The van der Waals surface area contributed by atoms with E-state index in [2.05, 4.69) is 0 Å². The van der Waals surface area contributed by atoms with Gasteiger partial charge in [-0.3, -0.25) is 0 Å². The molecule has 122 valence electrons. The summed E-state index contributed by atoms with van der Waals surface area (Å²) in [4.78, 5) is 0.309. The minimum atomic E-state index is -3.58. The molecule has 2 aromatic rings. The van der Waals surface area contributed by atoms with E-state index in [1.165, 1.54) is 16.4 Å². The maximum Gasteiger partial charge on any atom is 0.243 e. The highest BCUT2D eigenvalue weighted by molar-refractivity contribution is 7.89. The number of halogens is 1.